The van der Waals surface area contributed by atoms with Gasteiger partial charge in [0.1, 0.15) is 13.2 Å². The second-order valence-electron chi connectivity index (χ2n) is 4.89. The number of quaternary nitrogens is 1. The topological polar surface area (TPSA) is 26.3 Å². The van der Waals surface area contributed by atoms with Gasteiger partial charge in [0.05, 0.1) is 21.1 Å². The van der Waals surface area contributed by atoms with Crippen LogP contribution in [0.25, 0.3) is 0 Å². The summed E-state index contributed by atoms with van der Waals surface area (Å²) in [5.74, 6) is -0.302. The number of nitrogens with zero attached hydrogens (tertiary/aromatic N) is 1. The van der Waals surface area contributed by atoms with Crippen molar-refractivity contribution in [3.8, 4) is 0 Å². The van der Waals surface area contributed by atoms with Crippen LogP contribution >= 0.6 is 7.81 Å². The van der Waals surface area contributed by atoms with E-state index in [0.717, 1.165) is 11.0 Å². The zero-order chi connectivity index (χ0) is 16.2. The SMILES string of the molecule is C=C(C)C(=O)OCC[N+](C)(C)C.F[P-](F)(F)(F)(F)F. The maximum atomic E-state index is 10.9. The first-order valence-corrected chi connectivity index (χ1v) is 7.00. The summed E-state index contributed by atoms with van der Waals surface area (Å²) >= 11 is 0. The van der Waals surface area contributed by atoms with E-state index in [1.165, 1.54) is 0 Å². The van der Waals surface area contributed by atoms with Gasteiger partial charge in [-0.15, -0.1) is 0 Å². The van der Waals surface area contributed by atoms with Crippen LogP contribution in [0, 0.1) is 0 Å². The third kappa shape index (κ3) is 38.2. The summed E-state index contributed by atoms with van der Waals surface area (Å²) in [6.07, 6.45) is 0. The molecule has 0 fully saturated rings. The third-order valence-electron chi connectivity index (χ3n) is 1.34. The van der Waals surface area contributed by atoms with E-state index in [2.05, 4.69) is 27.7 Å². The molecule has 0 radical (unpaired) electrons. The molecule has 0 aromatic carbocycles. The van der Waals surface area contributed by atoms with Crippen LogP contribution in [0.1, 0.15) is 6.92 Å². The summed E-state index contributed by atoms with van der Waals surface area (Å²) in [5.41, 5.74) is 0.455. The number of halogens is 6. The van der Waals surface area contributed by atoms with Crippen molar-refractivity contribution < 1.29 is 39.2 Å². The van der Waals surface area contributed by atoms with Crippen LogP contribution in [-0.2, 0) is 9.53 Å². The fourth-order valence-electron chi connectivity index (χ4n) is 0.535. The van der Waals surface area contributed by atoms with Crippen LogP contribution in [0.3, 0.4) is 0 Å². The zero-order valence-electron chi connectivity index (χ0n) is 11.1. The van der Waals surface area contributed by atoms with Gasteiger partial charge in [-0.25, -0.2) is 4.79 Å². The number of rotatable bonds is 4. The molecule has 0 saturated carbocycles. The van der Waals surface area contributed by atoms with Crippen LogP contribution in [-0.4, -0.2) is 44.7 Å². The van der Waals surface area contributed by atoms with Gasteiger partial charge in [0, 0.05) is 5.57 Å². The van der Waals surface area contributed by atoms with E-state index < -0.39 is 7.81 Å². The zero-order valence-corrected chi connectivity index (χ0v) is 12.0. The Labute approximate surface area is 107 Å². The van der Waals surface area contributed by atoms with Gasteiger partial charge in [-0.3, -0.25) is 0 Å². The summed E-state index contributed by atoms with van der Waals surface area (Å²) < 4.78 is 64.9. The number of ether oxygens (including phenoxy) is 1. The molecule has 0 heterocycles. The average Bonchev–Trinajstić information content (AvgIpc) is 1.94. The van der Waals surface area contributed by atoms with Gasteiger partial charge in [-0.2, -0.15) is 0 Å². The van der Waals surface area contributed by atoms with Crippen molar-refractivity contribution in [2.45, 2.75) is 6.92 Å². The molecule has 0 unspecified atom stereocenters. The van der Waals surface area contributed by atoms with E-state index in [4.69, 9.17) is 4.74 Å². The third-order valence-corrected chi connectivity index (χ3v) is 1.34. The maximum absolute atomic E-state index is 10.9. The molecule has 118 valence electrons. The normalized spacial score (nSPS) is 15.5. The Morgan fingerprint density at radius 2 is 1.42 bits per heavy atom. The van der Waals surface area contributed by atoms with Crippen molar-refractivity contribution in [3.05, 3.63) is 12.2 Å². The molecule has 0 aromatic heterocycles. The van der Waals surface area contributed by atoms with Crippen molar-refractivity contribution in [2.24, 2.45) is 0 Å². The summed E-state index contributed by atoms with van der Waals surface area (Å²) in [6.45, 7) is 6.41. The van der Waals surface area contributed by atoms with Gasteiger partial charge in [0.2, 0.25) is 0 Å². The van der Waals surface area contributed by atoms with Crippen molar-refractivity contribution in [1.29, 1.82) is 0 Å². The average molecular weight is 317 g/mol. The van der Waals surface area contributed by atoms with Crippen LogP contribution in [0.4, 0.5) is 25.2 Å². The quantitative estimate of drug-likeness (QED) is 0.255. The van der Waals surface area contributed by atoms with E-state index >= 15 is 0 Å². The summed E-state index contributed by atoms with van der Waals surface area (Å²) in [7, 11) is -4.51. The fraction of sp³-hybridized carbons (Fsp3) is 0.667. The monoisotopic (exact) mass is 317 g/mol. The number of likely N-dealkylation sites (N-methyl/N-ethyl adjacent to an activating group) is 1. The molecule has 0 N–H and O–H groups in total. The number of hydrogen-bond acceptors (Lipinski definition) is 2. The molecule has 0 aliphatic rings. The first-order chi connectivity index (χ1) is 7.78. The molecule has 0 saturated heterocycles. The number of esters is 1. The predicted octanol–water partition coefficient (Wildman–Crippen LogP) is 4.19. The van der Waals surface area contributed by atoms with Gasteiger partial charge < -0.3 is 9.22 Å². The van der Waals surface area contributed by atoms with Crippen molar-refractivity contribution >= 4 is 13.8 Å². The Bertz CT molecular complexity index is 331. The second kappa shape index (κ2) is 5.28. The van der Waals surface area contributed by atoms with Crippen LogP contribution in [0.15, 0.2) is 12.2 Å². The standard InChI is InChI=1S/C9H18NO2.F6P/c1-8(2)9(11)12-7-6-10(3,4)5;1-7(2,3,4,5)6/h1,6-7H2,2-5H3;/q+1;-1. The summed E-state index contributed by atoms with van der Waals surface area (Å²) in [4.78, 5) is 10.9. The van der Waals surface area contributed by atoms with E-state index in [-0.39, 0.29) is 5.97 Å². The predicted molar refractivity (Wildman–Crippen MR) is 62.2 cm³/mol. The number of carbonyl (C=O) groups is 1. The molecular formula is C9H18F6NO2P. The molecule has 19 heavy (non-hydrogen) atoms. The Hall–Kier alpha value is -0.820. The summed E-state index contributed by atoms with van der Waals surface area (Å²) in [6, 6.07) is 0. The molecule has 3 nitrogen and oxygen atoms in total. The Kier molecular flexibility index (Phi) is 5.70. The summed E-state index contributed by atoms with van der Waals surface area (Å²) in [5, 5.41) is 0. The van der Waals surface area contributed by atoms with E-state index in [9.17, 15) is 30.0 Å². The number of carbonyl (C=O) groups excluding carboxylic acids is 1. The van der Waals surface area contributed by atoms with Crippen LogP contribution in [0.5, 0.6) is 0 Å². The minimum atomic E-state index is -10.7. The first kappa shape index (κ1) is 20.5. The van der Waals surface area contributed by atoms with Gasteiger partial charge in [0.15, 0.2) is 0 Å². The van der Waals surface area contributed by atoms with Gasteiger partial charge in [-0.05, 0) is 6.92 Å². The molecule has 0 aliphatic heterocycles. The number of hydrogen-bond donors (Lipinski definition) is 0. The first-order valence-electron chi connectivity index (χ1n) is 4.97. The Morgan fingerprint density at radius 1 is 1.11 bits per heavy atom. The Balaban J connectivity index is 0. The second-order valence-corrected chi connectivity index (χ2v) is 6.81. The van der Waals surface area contributed by atoms with Gasteiger partial charge >= 0.3 is 39.0 Å². The molecule has 0 bridgehead atoms. The molecular weight excluding hydrogens is 299 g/mol. The van der Waals surface area contributed by atoms with E-state index in [0.29, 0.717) is 12.2 Å². The fourth-order valence-corrected chi connectivity index (χ4v) is 0.535. The Morgan fingerprint density at radius 3 is 1.63 bits per heavy atom. The molecule has 0 atom stereocenters. The van der Waals surface area contributed by atoms with Crippen molar-refractivity contribution in [3.63, 3.8) is 0 Å². The molecule has 0 amide bonds. The van der Waals surface area contributed by atoms with Crippen molar-refractivity contribution in [2.75, 3.05) is 34.3 Å². The molecule has 0 aromatic rings. The minimum absolute atomic E-state index is 0.302. The van der Waals surface area contributed by atoms with Gasteiger partial charge in [-0.1, -0.05) is 6.58 Å². The van der Waals surface area contributed by atoms with Gasteiger partial charge in [0.25, 0.3) is 0 Å². The van der Waals surface area contributed by atoms with Crippen molar-refractivity contribution in [1.82, 2.24) is 0 Å². The van der Waals surface area contributed by atoms with E-state index in [1.807, 2.05) is 0 Å². The van der Waals surface area contributed by atoms with Crippen LogP contribution in [0.2, 0.25) is 0 Å². The van der Waals surface area contributed by atoms with Crippen LogP contribution < -0.4 is 0 Å². The van der Waals surface area contributed by atoms with E-state index in [1.54, 1.807) is 6.92 Å². The molecule has 0 aliphatic carbocycles. The molecule has 0 rings (SSSR count). The molecule has 0 spiro atoms. The molecule has 10 heteroatoms.